The first kappa shape index (κ1) is 12.0. The van der Waals surface area contributed by atoms with Crippen molar-refractivity contribution in [2.75, 3.05) is 12.4 Å². The van der Waals surface area contributed by atoms with Crippen molar-refractivity contribution in [2.45, 2.75) is 33.2 Å². The summed E-state index contributed by atoms with van der Waals surface area (Å²) in [5, 5.41) is 3.47. The van der Waals surface area contributed by atoms with E-state index in [0.29, 0.717) is 6.04 Å². The second kappa shape index (κ2) is 5.13. The predicted molar refractivity (Wildman–Crippen MR) is 64.7 cm³/mol. The molecule has 1 aliphatic heterocycles. The van der Waals surface area contributed by atoms with Crippen LogP contribution in [0.2, 0.25) is 0 Å². The minimum atomic E-state index is -1.68. The Balaban J connectivity index is 2.39. The van der Waals surface area contributed by atoms with Crippen LogP contribution < -0.4 is 5.09 Å². The Bertz CT molecular complexity index is 210. The molecule has 0 amide bonds. The zero-order valence-corrected chi connectivity index (χ0v) is 11.0. The largest absolute Gasteiger partial charge is 0.331 e. The molecular weight excluding hydrogens is 221 g/mol. The molecule has 13 heavy (non-hydrogen) atoms. The van der Waals surface area contributed by atoms with Gasteiger partial charge in [-0.1, -0.05) is 25.2 Å². The molecule has 78 valence electrons. The van der Waals surface area contributed by atoms with E-state index in [4.69, 9.17) is 16.3 Å². The first-order valence-electron chi connectivity index (χ1n) is 4.72. The molecule has 0 aromatic heterocycles. The van der Waals surface area contributed by atoms with Gasteiger partial charge in [-0.15, -0.1) is 0 Å². The fraction of sp³-hybridized carbons (Fsp3) is 1.00. The van der Waals surface area contributed by atoms with Gasteiger partial charge in [0.2, 0.25) is 0 Å². The second-order valence-corrected chi connectivity index (χ2v) is 10.3. The van der Waals surface area contributed by atoms with Gasteiger partial charge in [-0.25, -0.2) is 0 Å². The van der Waals surface area contributed by atoms with Crippen LogP contribution in [0, 0.1) is 5.92 Å². The van der Waals surface area contributed by atoms with E-state index in [1.54, 1.807) is 0 Å². The van der Waals surface area contributed by atoms with Crippen molar-refractivity contribution in [3.8, 4) is 0 Å². The Kier molecular flexibility index (Phi) is 4.73. The average molecular weight is 239 g/mol. The molecule has 5 heteroatoms. The van der Waals surface area contributed by atoms with Crippen LogP contribution in [0.5, 0.6) is 0 Å². The van der Waals surface area contributed by atoms with Gasteiger partial charge in [-0.05, 0) is 31.1 Å². The standard InChI is InChI=1S/C8H18NOPS2/c1-4-10-11(12)9-8(6-13-11)5-7(2)3/h7-8H,4-6H2,1-3H3,(H,9,12). The lowest BCUT2D eigenvalue weighted by Gasteiger charge is -2.17. The maximum atomic E-state index is 5.58. The maximum absolute atomic E-state index is 5.58. The molecule has 2 nitrogen and oxygen atoms in total. The Morgan fingerprint density at radius 2 is 2.38 bits per heavy atom. The lowest BCUT2D eigenvalue weighted by molar-refractivity contribution is 0.374. The summed E-state index contributed by atoms with van der Waals surface area (Å²) in [6.07, 6.45) is 1.21. The zero-order chi connectivity index (χ0) is 9.90. The van der Waals surface area contributed by atoms with Gasteiger partial charge in [0.1, 0.15) is 0 Å². The normalized spacial score (nSPS) is 34.3. The molecule has 0 aromatic rings. The molecule has 1 saturated heterocycles. The van der Waals surface area contributed by atoms with E-state index in [0.717, 1.165) is 18.3 Å². The Hall–Kier alpha value is 0.920. The summed E-state index contributed by atoms with van der Waals surface area (Å²) in [6, 6.07) is 0.572. The lowest BCUT2D eigenvalue weighted by Crippen LogP contribution is -2.23. The van der Waals surface area contributed by atoms with E-state index in [9.17, 15) is 0 Å². The monoisotopic (exact) mass is 239 g/mol. The van der Waals surface area contributed by atoms with Crippen LogP contribution in [-0.2, 0) is 16.3 Å². The minimum absolute atomic E-state index is 0.572. The summed E-state index contributed by atoms with van der Waals surface area (Å²) in [6.45, 7) is 7.22. The third-order valence-electron chi connectivity index (χ3n) is 1.84. The molecule has 0 saturated carbocycles. The minimum Gasteiger partial charge on any atom is -0.331 e. The Labute approximate surface area is 90.1 Å². The molecule has 0 aromatic carbocycles. The molecule has 1 rings (SSSR count). The molecule has 1 N–H and O–H groups in total. The van der Waals surface area contributed by atoms with Gasteiger partial charge >= 0.3 is 0 Å². The van der Waals surface area contributed by atoms with Crippen molar-refractivity contribution < 1.29 is 4.52 Å². The van der Waals surface area contributed by atoms with E-state index >= 15 is 0 Å². The highest BCUT2D eigenvalue weighted by Crippen LogP contribution is 2.61. The third kappa shape index (κ3) is 3.88. The van der Waals surface area contributed by atoms with Crippen LogP contribution in [0.3, 0.4) is 0 Å². The molecule has 0 radical (unpaired) electrons. The van der Waals surface area contributed by atoms with Crippen molar-refractivity contribution >= 4 is 28.8 Å². The Morgan fingerprint density at radius 1 is 1.69 bits per heavy atom. The van der Waals surface area contributed by atoms with Crippen LogP contribution in [0.25, 0.3) is 0 Å². The van der Waals surface area contributed by atoms with E-state index in [1.165, 1.54) is 6.42 Å². The van der Waals surface area contributed by atoms with Crippen molar-refractivity contribution in [1.29, 1.82) is 0 Å². The highest BCUT2D eigenvalue weighted by atomic mass is 32.9. The molecule has 2 atom stereocenters. The number of rotatable bonds is 4. The van der Waals surface area contributed by atoms with Crippen LogP contribution >= 0.6 is 17.0 Å². The van der Waals surface area contributed by atoms with Crippen LogP contribution in [0.4, 0.5) is 0 Å². The highest BCUT2D eigenvalue weighted by Gasteiger charge is 2.30. The first-order valence-corrected chi connectivity index (χ1v) is 9.03. The summed E-state index contributed by atoms with van der Waals surface area (Å²) < 4.78 is 5.58. The summed E-state index contributed by atoms with van der Waals surface area (Å²) >= 11 is 7.25. The Morgan fingerprint density at radius 3 is 2.92 bits per heavy atom. The maximum Gasteiger partial charge on any atom is 0.186 e. The number of nitrogens with one attached hydrogen (secondary N) is 1. The quantitative estimate of drug-likeness (QED) is 0.761. The van der Waals surface area contributed by atoms with E-state index in [-0.39, 0.29) is 0 Å². The van der Waals surface area contributed by atoms with Crippen LogP contribution in [0.1, 0.15) is 27.2 Å². The fourth-order valence-corrected chi connectivity index (χ4v) is 7.00. The molecule has 1 aliphatic rings. The number of hydrogen-bond donors (Lipinski definition) is 1. The van der Waals surface area contributed by atoms with Gasteiger partial charge in [0.15, 0.2) is 5.62 Å². The van der Waals surface area contributed by atoms with Gasteiger partial charge in [0.05, 0.1) is 6.61 Å². The average Bonchev–Trinajstić information content (AvgIpc) is 2.31. The van der Waals surface area contributed by atoms with Crippen molar-refractivity contribution in [3.63, 3.8) is 0 Å². The van der Waals surface area contributed by atoms with Gasteiger partial charge in [-0.3, -0.25) is 5.09 Å². The summed E-state index contributed by atoms with van der Waals surface area (Å²) in [7, 11) is 0. The van der Waals surface area contributed by atoms with E-state index < -0.39 is 5.62 Å². The zero-order valence-electron chi connectivity index (χ0n) is 8.45. The summed E-state index contributed by atoms with van der Waals surface area (Å²) in [4.78, 5) is 0. The van der Waals surface area contributed by atoms with Crippen molar-refractivity contribution in [1.82, 2.24) is 5.09 Å². The topological polar surface area (TPSA) is 21.3 Å². The lowest BCUT2D eigenvalue weighted by atomic mass is 10.1. The molecule has 0 aliphatic carbocycles. The van der Waals surface area contributed by atoms with Gasteiger partial charge in [0, 0.05) is 11.8 Å². The smallest absolute Gasteiger partial charge is 0.186 e. The van der Waals surface area contributed by atoms with E-state index in [2.05, 4.69) is 18.9 Å². The molecule has 1 heterocycles. The van der Waals surface area contributed by atoms with Gasteiger partial charge in [-0.2, -0.15) is 0 Å². The molecule has 0 spiro atoms. The van der Waals surface area contributed by atoms with Gasteiger partial charge in [0.25, 0.3) is 0 Å². The molecule has 1 fully saturated rings. The van der Waals surface area contributed by atoms with Crippen LogP contribution in [-0.4, -0.2) is 18.4 Å². The SMILES string of the molecule is CCOP1(=S)NC(CC(C)C)CS1. The van der Waals surface area contributed by atoms with Gasteiger partial charge < -0.3 is 4.52 Å². The van der Waals surface area contributed by atoms with Crippen molar-refractivity contribution in [3.05, 3.63) is 0 Å². The second-order valence-electron chi connectivity index (χ2n) is 3.67. The molecule has 2 unspecified atom stereocenters. The van der Waals surface area contributed by atoms with Crippen LogP contribution in [0.15, 0.2) is 0 Å². The third-order valence-corrected chi connectivity index (χ3v) is 7.69. The van der Waals surface area contributed by atoms with Crippen molar-refractivity contribution in [2.24, 2.45) is 5.92 Å². The first-order chi connectivity index (χ1) is 6.06. The number of hydrogen-bond acceptors (Lipinski definition) is 3. The highest BCUT2D eigenvalue weighted by molar-refractivity contribution is 8.69. The fourth-order valence-electron chi connectivity index (χ4n) is 1.42. The summed E-state index contributed by atoms with van der Waals surface area (Å²) in [5.41, 5.74) is -1.68. The van der Waals surface area contributed by atoms with E-state index in [1.807, 2.05) is 18.3 Å². The molecular formula is C8H18NOPS2. The predicted octanol–water partition coefficient (Wildman–Crippen LogP) is 3.00. The molecule has 0 bridgehead atoms. The summed E-state index contributed by atoms with van der Waals surface area (Å²) in [5.74, 6) is 1.86.